The summed E-state index contributed by atoms with van der Waals surface area (Å²) in [5.74, 6) is -0.313. The van der Waals surface area contributed by atoms with Crippen molar-refractivity contribution in [1.29, 1.82) is 5.26 Å². The van der Waals surface area contributed by atoms with Gasteiger partial charge in [-0.25, -0.2) is 4.39 Å². The van der Waals surface area contributed by atoms with Crippen LogP contribution in [0, 0.1) is 16.5 Å². The Hall–Kier alpha value is -0.530. The summed E-state index contributed by atoms with van der Waals surface area (Å²) in [6, 6.07) is 4.46. The zero-order valence-corrected chi connectivity index (χ0v) is 7.75. The maximum atomic E-state index is 12.6. The van der Waals surface area contributed by atoms with Crippen molar-refractivity contribution in [2.75, 3.05) is 0 Å². The second-order valence-corrected chi connectivity index (χ2v) is 3.48. The van der Waals surface area contributed by atoms with Crippen molar-refractivity contribution >= 4 is 27.7 Å². The van der Waals surface area contributed by atoms with E-state index in [1.165, 1.54) is 6.07 Å². The minimum absolute atomic E-state index is 0.313. The Morgan fingerprint density at radius 3 is 2.82 bits per heavy atom. The van der Waals surface area contributed by atoms with Crippen LogP contribution in [0.3, 0.4) is 0 Å². The zero-order chi connectivity index (χ0) is 8.27. The molecule has 1 aromatic rings. The van der Waals surface area contributed by atoms with Gasteiger partial charge in [-0.05, 0) is 45.9 Å². The van der Waals surface area contributed by atoms with Crippen molar-refractivity contribution in [2.45, 2.75) is 4.90 Å². The Morgan fingerprint density at radius 1 is 1.55 bits per heavy atom. The summed E-state index contributed by atoms with van der Waals surface area (Å²) < 4.78 is 13.0. The zero-order valence-electron chi connectivity index (χ0n) is 5.34. The fourth-order valence-corrected chi connectivity index (χ4v) is 1.54. The van der Waals surface area contributed by atoms with Gasteiger partial charge >= 0.3 is 0 Å². The van der Waals surface area contributed by atoms with Gasteiger partial charge in [0.25, 0.3) is 0 Å². The van der Waals surface area contributed by atoms with E-state index in [1.807, 2.05) is 5.40 Å². The van der Waals surface area contributed by atoms with Crippen LogP contribution in [-0.4, -0.2) is 0 Å². The number of halogens is 2. The molecule has 1 aromatic carbocycles. The second kappa shape index (κ2) is 3.74. The van der Waals surface area contributed by atoms with Gasteiger partial charge in [0.05, 0.1) is 4.47 Å². The fourth-order valence-electron chi connectivity index (χ4n) is 0.593. The van der Waals surface area contributed by atoms with Crippen molar-refractivity contribution in [2.24, 2.45) is 0 Å². The lowest BCUT2D eigenvalue weighted by Crippen LogP contribution is -1.76. The highest BCUT2D eigenvalue weighted by Crippen LogP contribution is 2.23. The highest BCUT2D eigenvalue weighted by molar-refractivity contribution is 9.10. The molecule has 0 aliphatic heterocycles. The summed E-state index contributed by atoms with van der Waals surface area (Å²) in [6.45, 7) is 0. The monoisotopic (exact) mass is 231 g/mol. The first-order valence-corrected chi connectivity index (χ1v) is 4.36. The lowest BCUT2D eigenvalue weighted by molar-refractivity contribution is 0.619. The average molecular weight is 232 g/mol. The van der Waals surface area contributed by atoms with Gasteiger partial charge in [-0.2, -0.15) is 5.26 Å². The van der Waals surface area contributed by atoms with Gasteiger partial charge in [-0.1, -0.05) is 0 Å². The highest BCUT2D eigenvalue weighted by atomic mass is 79.9. The van der Waals surface area contributed by atoms with E-state index in [4.69, 9.17) is 5.26 Å². The third-order valence-corrected chi connectivity index (χ3v) is 2.24. The first-order chi connectivity index (χ1) is 5.24. The summed E-state index contributed by atoms with van der Waals surface area (Å²) in [4.78, 5) is 0.737. The van der Waals surface area contributed by atoms with Crippen molar-refractivity contribution in [3.63, 3.8) is 0 Å². The molecule has 0 amide bonds. The highest BCUT2D eigenvalue weighted by Gasteiger charge is 1.99. The van der Waals surface area contributed by atoms with Gasteiger partial charge in [0.15, 0.2) is 0 Å². The number of nitrogens with zero attached hydrogens (tertiary/aromatic N) is 1. The van der Waals surface area contributed by atoms with Crippen molar-refractivity contribution in [3.8, 4) is 5.40 Å². The third-order valence-electron chi connectivity index (χ3n) is 1.05. The van der Waals surface area contributed by atoms with Gasteiger partial charge in [-0.3, -0.25) is 0 Å². The molecular weight excluding hydrogens is 229 g/mol. The molecule has 0 radical (unpaired) electrons. The van der Waals surface area contributed by atoms with Crippen LogP contribution in [0.15, 0.2) is 27.6 Å². The van der Waals surface area contributed by atoms with Crippen LogP contribution in [0.2, 0.25) is 0 Å². The molecule has 56 valence electrons. The lowest BCUT2D eigenvalue weighted by atomic mass is 10.3. The van der Waals surface area contributed by atoms with E-state index >= 15 is 0 Å². The number of nitriles is 1. The lowest BCUT2D eigenvalue weighted by Gasteiger charge is -1.95. The predicted molar refractivity (Wildman–Crippen MR) is 45.6 cm³/mol. The Labute approximate surface area is 76.3 Å². The molecule has 0 bridgehead atoms. The minimum atomic E-state index is -0.313. The summed E-state index contributed by atoms with van der Waals surface area (Å²) in [5, 5.41) is 10.2. The molecule has 0 N–H and O–H groups in total. The Balaban J connectivity index is 2.98. The van der Waals surface area contributed by atoms with Gasteiger partial charge in [0.2, 0.25) is 0 Å². The van der Waals surface area contributed by atoms with E-state index in [0.717, 1.165) is 16.7 Å². The van der Waals surface area contributed by atoms with E-state index in [9.17, 15) is 4.39 Å². The summed E-state index contributed by atoms with van der Waals surface area (Å²) in [6.07, 6.45) is 0. The van der Waals surface area contributed by atoms with Crippen LogP contribution in [0.25, 0.3) is 0 Å². The summed E-state index contributed by atoms with van der Waals surface area (Å²) >= 11 is 4.03. The van der Waals surface area contributed by atoms with Crippen LogP contribution in [-0.2, 0) is 0 Å². The largest absolute Gasteiger partial charge is 0.206 e. The fraction of sp³-hybridized carbons (Fsp3) is 0. The van der Waals surface area contributed by atoms with Crippen molar-refractivity contribution < 1.29 is 4.39 Å². The number of hydrogen-bond acceptors (Lipinski definition) is 2. The molecule has 1 rings (SSSR count). The minimum Gasteiger partial charge on any atom is -0.206 e. The van der Waals surface area contributed by atoms with Crippen LogP contribution in [0.1, 0.15) is 0 Å². The molecule has 1 nitrogen and oxygen atoms in total. The first-order valence-electron chi connectivity index (χ1n) is 2.75. The molecule has 0 fully saturated rings. The predicted octanol–water partition coefficient (Wildman–Crippen LogP) is 3.16. The molecule has 11 heavy (non-hydrogen) atoms. The maximum absolute atomic E-state index is 12.6. The van der Waals surface area contributed by atoms with E-state index in [-0.39, 0.29) is 5.82 Å². The van der Waals surface area contributed by atoms with Crippen LogP contribution < -0.4 is 0 Å². The third kappa shape index (κ3) is 2.21. The van der Waals surface area contributed by atoms with Crippen LogP contribution in [0.5, 0.6) is 0 Å². The molecule has 0 spiro atoms. The van der Waals surface area contributed by atoms with Gasteiger partial charge < -0.3 is 0 Å². The van der Waals surface area contributed by atoms with E-state index < -0.39 is 0 Å². The number of thioether (sulfide) groups is 1. The van der Waals surface area contributed by atoms with Gasteiger partial charge in [0, 0.05) is 4.90 Å². The molecule has 0 heterocycles. The molecule has 0 saturated carbocycles. The SMILES string of the molecule is N#CSc1ccc(F)c(Br)c1. The molecule has 0 atom stereocenters. The van der Waals surface area contributed by atoms with Crippen molar-refractivity contribution in [3.05, 3.63) is 28.5 Å². The summed E-state index contributed by atoms with van der Waals surface area (Å²) in [7, 11) is 0. The second-order valence-electron chi connectivity index (χ2n) is 1.77. The number of benzene rings is 1. The van der Waals surface area contributed by atoms with Crippen LogP contribution >= 0.6 is 27.7 Å². The number of hydrogen-bond donors (Lipinski definition) is 0. The molecule has 0 unspecified atom stereocenters. The number of rotatable bonds is 1. The molecule has 4 heteroatoms. The van der Waals surface area contributed by atoms with Gasteiger partial charge in [-0.15, -0.1) is 0 Å². The average Bonchev–Trinajstić information content (AvgIpc) is 1.98. The smallest absolute Gasteiger partial charge is 0.138 e. The Kier molecular flexibility index (Phi) is 2.92. The molecule has 0 aliphatic carbocycles. The Morgan fingerprint density at radius 2 is 2.27 bits per heavy atom. The molecule has 0 aromatic heterocycles. The standard InChI is InChI=1S/C7H3BrFNS/c8-6-3-5(11-4-10)1-2-7(6)9/h1-3H. The molecular formula is C7H3BrFNS. The van der Waals surface area contributed by atoms with E-state index in [1.54, 1.807) is 12.1 Å². The molecule has 0 aliphatic rings. The molecule has 0 saturated heterocycles. The first kappa shape index (κ1) is 8.57. The maximum Gasteiger partial charge on any atom is 0.138 e. The summed E-state index contributed by atoms with van der Waals surface area (Å²) in [5.41, 5.74) is 0. The van der Waals surface area contributed by atoms with Crippen LogP contribution in [0.4, 0.5) is 4.39 Å². The quantitative estimate of drug-likeness (QED) is 0.548. The topological polar surface area (TPSA) is 23.8 Å². The van der Waals surface area contributed by atoms with E-state index in [0.29, 0.717) is 4.47 Å². The normalized spacial score (nSPS) is 9.18. The van der Waals surface area contributed by atoms with E-state index in [2.05, 4.69) is 15.9 Å². The van der Waals surface area contributed by atoms with Crippen molar-refractivity contribution in [1.82, 2.24) is 0 Å². The number of thiocyanates is 1. The van der Waals surface area contributed by atoms with Gasteiger partial charge in [0.1, 0.15) is 11.2 Å². The Bertz CT molecular complexity index is 308.